The Balaban J connectivity index is 1.22. The average molecular weight is 521 g/mol. The van der Waals surface area contributed by atoms with Crippen LogP contribution in [0.15, 0.2) is 66.5 Å². The number of hydrogen-bond acceptors (Lipinski definition) is 10. The molecule has 1 amide bonds. The van der Waals surface area contributed by atoms with Crippen molar-refractivity contribution in [3.63, 3.8) is 0 Å². The standard InChI is InChI=1S/C23H24N10O3S/c1-16-8-9-25-23(29-16)31-37(35,36)19-6-4-18(5-7-19)30-22(34)17-3-2-10-32(12-17)20-11-21(27-14-26-20)33-15-24-13-28-33/h4-9,11,13-15,17H,2-3,10,12H2,1H3,(H,30,34)(H,25,29,31). The molecule has 3 aromatic heterocycles. The number of nitrogens with zero attached hydrogens (tertiary/aromatic N) is 8. The number of aromatic nitrogens is 7. The predicted octanol–water partition coefficient (Wildman–Crippen LogP) is 1.81. The van der Waals surface area contributed by atoms with Crippen LogP contribution in [0.25, 0.3) is 5.82 Å². The van der Waals surface area contributed by atoms with Crippen LogP contribution in [0.4, 0.5) is 17.5 Å². The number of anilines is 3. The Bertz CT molecular complexity index is 1490. The van der Waals surface area contributed by atoms with Gasteiger partial charge in [0.1, 0.15) is 24.8 Å². The lowest BCUT2D eigenvalue weighted by atomic mass is 9.97. The highest BCUT2D eigenvalue weighted by molar-refractivity contribution is 7.92. The summed E-state index contributed by atoms with van der Waals surface area (Å²) in [4.78, 5) is 35.6. The van der Waals surface area contributed by atoms with Crippen molar-refractivity contribution in [3.8, 4) is 5.82 Å². The highest BCUT2D eigenvalue weighted by Gasteiger charge is 2.27. The first-order chi connectivity index (χ1) is 17.9. The van der Waals surface area contributed by atoms with Crippen LogP contribution in [0.1, 0.15) is 18.5 Å². The zero-order valence-corrected chi connectivity index (χ0v) is 20.7. The molecule has 2 N–H and O–H groups in total. The molecule has 5 rings (SSSR count). The molecule has 0 spiro atoms. The number of hydrogen-bond donors (Lipinski definition) is 2. The van der Waals surface area contributed by atoms with Crippen molar-refractivity contribution in [2.75, 3.05) is 28.0 Å². The molecule has 4 heterocycles. The van der Waals surface area contributed by atoms with Crippen LogP contribution >= 0.6 is 0 Å². The molecule has 1 unspecified atom stereocenters. The fourth-order valence-electron chi connectivity index (χ4n) is 4.00. The zero-order chi connectivity index (χ0) is 25.8. The largest absolute Gasteiger partial charge is 0.356 e. The Morgan fingerprint density at radius 1 is 1.05 bits per heavy atom. The van der Waals surface area contributed by atoms with Gasteiger partial charge in [-0.1, -0.05) is 0 Å². The van der Waals surface area contributed by atoms with Crippen LogP contribution in [0, 0.1) is 12.8 Å². The fraction of sp³-hybridized carbons (Fsp3) is 0.261. The van der Waals surface area contributed by atoms with Crippen molar-refractivity contribution in [1.29, 1.82) is 0 Å². The lowest BCUT2D eigenvalue weighted by molar-refractivity contribution is -0.120. The van der Waals surface area contributed by atoms with Crippen LogP contribution < -0.4 is 14.9 Å². The van der Waals surface area contributed by atoms with Gasteiger partial charge in [0.2, 0.25) is 11.9 Å². The van der Waals surface area contributed by atoms with E-state index in [1.165, 1.54) is 31.0 Å². The number of rotatable bonds is 7. The van der Waals surface area contributed by atoms with E-state index in [2.05, 4.69) is 40.1 Å². The number of nitrogens with one attached hydrogen (secondary N) is 2. The van der Waals surface area contributed by atoms with E-state index >= 15 is 0 Å². The third-order valence-corrected chi connectivity index (χ3v) is 7.20. The summed E-state index contributed by atoms with van der Waals surface area (Å²) in [5, 5.41) is 6.99. The third kappa shape index (κ3) is 5.69. The summed E-state index contributed by atoms with van der Waals surface area (Å²) in [5.74, 6) is 0.890. The second-order valence-electron chi connectivity index (χ2n) is 8.50. The Morgan fingerprint density at radius 2 is 1.86 bits per heavy atom. The first-order valence-electron chi connectivity index (χ1n) is 11.5. The molecular formula is C23H24N10O3S. The molecule has 1 aliphatic heterocycles. The SMILES string of the molecule is Cc1ccnc(NS(=O)(=O)c2ccc(NC(=O)C3CCCN(c4cc(-n5cncn5)ncn4)C3)cc2)n1. The number of aryl methyl sites for hydroxylation is 1. The van der Waals surface area contributed by atoms with Gasteiger partial charge in [-0.15, -0.1) is 0 Å². The van der Waals surface area contributed by atoms with Gasteiger partial charge in [0.05, 0.1) is 10.8 Å². The van der Waals surface area contributed by atoms with Gasteiger partial charge in [0.15, 0.2) is 5.82 Å². The number of amides is 1. The Hall–Kier alpha value is -4.46. The van der Waals surface area contributed by atoms with Gasteiger partial charge in [0, 0.05) is 36.7 Å². The first-order valence-corrected chi connectivity index (χ1v) is 13.0. The number of carbonyl (C=O) groups is 1. The van der Waals surface area contributed by atoms with Gasteiger partial charge >= 0.3 is 0 Å². The smallest absolute Gasteiger partial charge is 0.264 e. The molecule has 1 aromatic carbocycles. The summed E-state index contributed by atoms with van der Waals surface area (Å²) >= 11 is 0. The van der Waals surface area contributed by atoms with E-state index in [1.54, 1.807) is 36.1 Å². The lowest BCUT2D eigenvalue weighted by Crippen LogP contribution is -2.41. The van der Waals surface area contributed by atoms with Crippen LogP contribution in [-0.2, 0) is 14.8 Å². The summed E-state index contributed by atoms with van der Waals surface area (Å²) in [6.07, 6.45) is 7.49. The van der Waals surface area contributed by atoms with Crippen molar-refractivity contribution in [2.24, 2.45) is 5.92 Å². The normalized spacial score (nSPS) is 15.8. The number of benzene rings is 1. The molecule has 4 aromatic rings. The van der Waals surface area contributed by atoms with Crippen molar-refractivity contribution in [2.45, 2.75) is 24.7 Å². The topological polar surface area (TPSA) is 161 Å². The summed E-state index contributed by atoms with van der Waals surface area (Å²) in [5.41, 5.74) is 1.14. The maximum absolute atomic E-state index is 13.0. The van der Waals surface area contributed by atoms with E-state index in [0.717, 1.165) is 19.4 Å². The monoisotopic (exact) mass is 520 g/mol. The first kappa shape index (κ1) is 24.2. The molecule has 37 heavy (non-hydrogen) atoms. The van der Waals surface area contributed by atoms with Gasteiger partial charge in [-0.3, -0.25) is 4.79 Å². The number of carbonyl (C=O) groups excluding carboxylic acids is 1. The molecule has 1 saturated heterocycles. The molecule has 0 bridgehead atoms. The van der Waals surface area contributed by atoms with E-state index in [4.69, 9.17) is 0 Å². The fourth-order valence-corrected chi connectivity index (χ4v) is 4.95. The average Bonchev–Trinajstić information content (AvgIpc) is 3.44. The molecule has 190 valence electrons. The van der Waals surface area contributed by atoms with E-state index in [9.17, 15) is 13.2 Å². The van der Waals surface area contributed by atoms with Crippen molar-refractivity contribution >= 4 is 33.4 Å². The third-order valence-electron chi connectivity index (χ3n) is 5.86. The Morgan fingerprint density at radius 3 is 2.62 bits per heavy atom. The van der Waals surface area contributed by atoms with Gasteiger partial charge in [-0.25, -0.2) is 42.7 Å². The summed E-state index contributed by atoms with van der Waals surface area (Å²) in [6, 6.07) is 9.44. The quantitative estimate of drug-likeness (QED) is 0.368. The lowest BCUT2D eigenvalue weighted by Gasteiger charge is -2.32. The maximum atomic E-state index is 13.0. The minimum Gasteiger partial charge on any atom is -0.356 e. The van der Waals surface area contributed by atoms with Crippen LogP contribution in [0.3, 0.4) is 0 Å². The van der Waals surface area contributed by atoms with Crippen LogP contribution in [0.2, 0.25) is 0 Å². The predicted molar refractivity (Wildman–Crippen MR) is 135 cm³/mol. The highest BCUT2D eigenvalue weighted by Crippen LogP contribution is 2.24. The van der Waals surface area contributed by atoms with Crippen molar-refractivity contribution < 1.29 is 13.2 Å². The minimum atomic E-state index is -3.87. The van der Waals surface area contributed by atoms with Crippen LogP contribution in [0.5, 0.6) is 0 Å². The second kappa shape index (κ2) is 10.3. The molecule has 14 heteroatoms. The van der Waals surface area contributed by atoms with Gasteiger partial charge in [-0.2, -0.15) is 5.10 Å². The zero-order valence-electron chi connectivity index (χ0n) is 19.9. The minimum absolute atomic E-state index is 0.00340. The van der Waals surface area contributed by atoms with Crippen molar-refractivity contribution in [1.82, 2.24) is 34.7 Å². The Kier molecular flexibility index (Phi) is 6.72. The van der Waals surface area contributed by atoms with E-state index in [-0.39, 0.29) is 22.7 Å². The summed E-state index contributed by atoms with van der Waals surface area (Å²) in [7, 11) is -3.87. The number of sulfonamides is 1. The molecule has 1 atom stereocenters. The molecule has 0 radical (unpaired) electrons. The molecule has 1 fully saturated rings. The van der Waals surface area contributed by atoms with Gasteiger partial charge < -0.3 is 10.2 Å². The molecule has 0 saturated carbocycles. The van der Waals surface area contributed by atoms with Crippen molar-refractivity contribution in [3.05, 3.63) is 67.3 Å². The molecule has 1 aliphatic rings. The van der Waals surface area contributed by atoms with Gasteiger partial charge in [0.25, 0.3) is 10.0 Å². The summed E-state index contributed by atoms with van der Waals surface area (Å²) < 4.78 is 29.2. The maximum Gasteiger partial charge on any atom is 0.264 e. The van der Waals surface area contributed by atoms with E-state index < -0.39 is 10.0 Å². The molecule has 13 nitrogen and oxygen atoms in total. The van der Waals surface area contributed by atoms with Crippen LogP contribution in [-0.4, -0.2) is 62.1 Å². The Labute approximate surface area is 213 Å². The van der Waals surface area contributed by atoms with Gasteiger partial charge in [-0.05, 0) is 50.1 Å². The molecular weight excluding hydrogens is 496 g/mol. The van der Waals surface area contributed by atoms with E-state index in [1.807, 2.05) is 11.0 Å². The van der Waals surface area contributed by atoms with E-state index in [0.29, 0.717) is 29.6 Å². The summed E-state index contributed by atoms with van der Waals surface area (Å²) in [6.45, 7) is 3.00. The highest BCUT2D eigenvalue weighted by atomic mass is 32.2. The molecule has 0 aliphatic carbocycles. The second-order valence-corrected chi connectivity index (χ2v) is 10.2. The number of piperidine rings is 1.